The van der Waals surface area contributed by atoms with Gasteiger partial charge in [0.25, 0.3) is 11.5 Å². The number of carbonyl (C=O) groups is 1. The molecule has 0 bridgehead atoms. The van der Waals surface area contributed by atoms with Crippen molar-refractivity contribution in [3.8, 4) is 0 Å². The van der Waals surface area contributed by atoms with Gasteiger partial charge in [-0.1, -0.05) is 31.0 Å². The molecule has 28 heavy (non-hydrogen) atoms. The van der Waals surface area contributed by atoms with Gasteiger partial charge in [-0.3, -0.25) is 9.59 Å². The number of aromatic nitrogens is 2. The van der Waals surface area contributed by atoms with Gasteiger partial charge in [-0.05, 0) is 37.1 Å². The number of nitrogens with one attached hydrogen (secondary N) is 1. The summed E-state index contributed by atoms with van der Waals surface area (Å²) in [5.41, 5.74) is 0.462. The number of amides is 1. The Bertz CT molecular complexity index is 1100. The molecule has 1 fully saturated rings. The van der Waals surface area contributed by atoms with E-state index in [0.717, 1.165) is 37.8 Å². The lowest BCUT2D eigenvalue weighted by Gasteiger charge is -2.16. The molecule has 0 aliphatic heterocycles. The lowest BCUT2D eigenvalue weighted by Crippen LogP contribution is -2.30. The third-order valence-corrected chi connectivity index (χ3v) is 5.17. The van der Waals surface area contributed by atoms with E-state index in [9.17, 15) is 18.4 Å². The maximum atomic E-state index is 13.4. The summed E-state index contributed by atoms with van der Waals surface area (Å²) < 4.78 is 28.0. The molecule has 1 heterocycles. The molecule has 0 radical (unpaired) electrons. The van der Waals surface area contributed by atoms with Crippen LogP contribution in [0.1, 0.15) is 47.8 Å². The molecule has 1 aliphatic carbocycles. The summed E-state index contributed by atoms with van der Waals surface area (Å²) in [6.45, 7) is 0.0747. The van der Waals surface area contributed by atoms with Crippen molar-refractivity contribution in [1.82, 2.24) is 15.1 Å². The van der Waals surface area contributed by atoms with Gasteiger partial charge in [0.05, 0.1) is 23.7 Å². The first-order valence-corrected chi connectivity index (χ1v) is 9.28. The molecule has 5 nitrogen and oxygen atoms in total. The van der Waals surface area contributed by atoms with Gasteiger partial charge in [-0.15, -0.1) is 0 Å². The van der Waals surface area contributed by atoms with E-state index < -0.39 is 17.5 Å². The first-order chi connectivity index (χ1) is 13.5. The standard InChI is InChI=1S/C21H19F2N3O2/c22-17-10-9-13(11-18(17)23)20(27)24-12-19-15-7-3-4-8-16(15)21(28)26(25-19)14-5-1-2-6-14/h3-4,7-11,14H,1-2,5-6,12H2,(H,24,27). The molecule has 4 rings (SSSR count). The second kappa shape index (κ2) is 7.50. The van der Waals surface area contributed by atoms with Gasteiger partial charge in [0.1, 0.15) is 0 Å². The molecule has 1 aliphatic rings. The molecule has 1 amide bonds. The monoisotopic (exact) mass is 383 g/mol. The quantitative estimate of drug-likeness (QED) is 0.747. The molecule has 0 spiro atoms. The smallest absolute Gasteiger partial charge is 0.274 e. The Morgan fingerprint density at radius 3 is 2.50 bits per heavy atom. The van der Waals surface area contributed by atoms with Gasteiger partial charge in [0.15, 0.2) is 11.6 Å². The Morgan fingerprint density at radius 1 is 1.07 bits per heavy atom. The topological polar surface area (TPSA) is 64.0 Å². The minimum atomic E-state index is -1.08. The molecule has 7 heteroatoms. The zero-order valence-electron chi connectivity index (χ0n) is 15.1. The van der Waals surface area contributed by atoms with Gasteiger partial charge >= 0.3 is 0 Å². The second-order valence-corrected chi connectivity index (χ2v) is 6.99. The molecule has 1 aromatic heterocycles. The molecule has 2 aromatic carbocycles. The van der Waals surface area contributed by atoms with Crippen molar-refractivity contribution in [3.63, 3.8) is 0 Å². The van der Waals surface area contributed by atoms with Crippen LogP contribution in [0, 0.1) is 11.6 Å². The largest absolute Gasteiger partial charge is 0.346 e. The Hall–Kier alpha value is -3.09. The fraction of sp³-hybridized carbons (Fsp3) is 0.286. The van der Waals surface area contributed by atoms with Crippen LogP contribution < -0.4 is 10.9 Å². The van der Waals surface area contributed by atoms with Gasteiger partial charge in [-0.25, -0.2) is 13.5 Å². The van der Waals surface area contributed by atoms with E-state index in [2.05, 4.69) is 10.4 Å². The minimum Gasteiger partial charge on any atom is -0.346 e. The number of benzene rings is 2. The van der Waals surface area contributed by atoms with E-state index in [1.54, 1.807) is 18.2 Å². The van der Waals surface area contributed by atoms with Crippen molar-refractivity contribution in [1.29, 1.82) is 0 Å². The van der Waals surface area contributed by atoms with Crippen molar-refractivity contribution in [3.05, 3.63) is 75.7 Å². The van der Waals surface area contributed by atoms with Crippen molar-refractivity contribution in [2.24, 2.45) is 0 Å². The van der Waals surface area contributed by atoms with Crippen LogP contribution in [0.15, 0.2) is 47.3 Å². The Kier molecular flexibility index (Phi) is 4.90. The van der Waals surface area contributed by atoms with Crippen LogP contribution in [0.2, 0.25) is 0 Å². The summed E-state index contributed by atoms with van der Waals surface area (Å²) >= 11 is 0. The summed E-state index contributed by atoms with van der Waals surface area (Å²) in [6.07, 6.45) is 3.94. The van der Waals surface area contributed by atoms with E-state index in [1.807, 2.05) is 6.07 Å². The Labute approximate surface area is 160 Å². The summed E-state index contributed by atoms with van der Waals surface area (Å²) in [7, 11) is 0. The molecule has 0 unspecified atom stereocenters. The number of halogens is 2. The summed E-state index contributed by atoms with van der Waals surface area (Å²) in [5.74, 6) is -2.62. The minimum absolute atomic E-state index is 0.0207. The zero-order chi connectivity index (χ0) is 19.7. The van der Waals surface area contributed by atoms with Gasteiger partial charge < -0.3 is 5.32 Å². The first-order valence-electron chi connectivity index (χ1n) is 9.28. The third-order valence-electron chi connectivity index (χ3n) is 5.17. The number of hydrogen-bond donors (Lipinski definition) is 1. The number of hydrogen-bond acceptors (Lipinski definition) is 3. The average molecular weight is 383 g/mol. The van der Waals surface area contributed by atoms with Crippen LogP contribution in [0.5, 0.6) is 0 Å². The summed E-state index contributed by atoms with van der Waals surface area (Å²) in [6, 6.07) is 10.2. The lowest BCUT2D eigenvalue weighted by molar-refractivity contribution is 0.0949. The maximum Gasteiger partial charge on any atom is 0.274 e. The highest BCUT2D eigenvalue weighted by Gasteiger charge is 2.21. The van der Waals surface area contributed by atoms with Crippen LogP contribution in [-0.4, -0.2) is 15.7 Å². The van der Waals surface area contributed by atoms with Gasteiger partial charge in [0, 0.05) is 10.9 Å². The molecule has 0 saturated heterocycles. The van der Waals surface area contributed by atoms with Crippen LogP contribution in [0.3, 0.4) is 0 Å². The highest BCUT2D eigenvalue weighted by atomic mass is 19.2. The normalized spacial score (nSPS) is 14.5. The lowest BCUT2D eigenvalue weighted by atomic mass is 10.1. The first kappa shape index (κ1) is 18.3. The van der Waals surface area contributed by atoms with Crippen molar-refractivity contribution >= 4 is 16.7 Å². The fourth-order valence-electron chi connectivity index (χ4n) is 3.70. The fourth-order valence-corrected chi connectivity index (χ4v) is 3.70. The average Bonchev–Trinajstić information content (AvgIpc) is 3.24. The molecule has 1 saturated carbocycles. The zero-order valence-corrected chi connectivity index (χ0v) is 15.1. The number of nitrogens with zero attached hydrogens (tertiary/aromatic N) is 2. The number of carbonyl (C=O) groups excluding carboxylic acids is 1. The Morgan fingerprint density at radius 2 is 1.79 bits per heavy atom. The van der Waals surface area contributed by atoms with Crippen LogP contribution >= 0.6 is 0 Å². The van der Waals surface area contributed by atoms with Crippen LogP contribution in [0.25, 0.3) is 10.8 Å². The van der Waals surface area contributed by atoms with Crippen molar-refractivity contribution in [2.45, 2.75) is 38.3 Å². The van der Waals surface area contributed by atoms with Crippen LogP contribution in [0.4, 0.5) is 8.78 Å². The predicted octanol–water partition coefficient (Wildman–Crippen LogP) is 3.72. The number of rotatable bonds is 4. The van der Waals surface area contributed by atoms with E-state index in [0.29, 0.717) is 16.5 Å². The maximum absolute atomic E-state index is 13.4. The molecule has 1 N–H and O–H groups in total. The van der Waals surface area contributed by atoms with E-state index in [4.69, 9.17) is 0 Å². The molecular weight excluding hydrogens is 364 g/mol. The van der Waals surface area contributed by atoms with E-state index in [-0.39, 0.29) is 23.7 Å². The van der Waals surface area contributed by atoms with Gasteiger partial charge in [-0.2, -0.15) is 5.10 Å². The van der Waals surface area contributed by atoms with Crippen molar-refractivity contribution < 1.29 is 13.6 Å². The summed E-state index contributed by atoms with van der Waals surface area (Å²) in [4.78, 5) is 25.2. The Balaban J connectivity index is 1.66. The van der Waals surface area contributed by atoms with Crippen LogP contribution in [-0.2, 0) is 6.54 Å². The molecule has 144 valence electrons. The highest BCUT2D eigenvalue weighted by Crippen LogP contribution is 2.28. The molecule has 0 atom stereocenters. The highest BCUT2D eigenvalue weighted by molar-refractivity contribution is 5.94. The second-order valence-electron chi connectivity index (χ2n) is 6.99. The SMILES string of the molecule is O=C(NCc1nn(C2CCCC2)c(=O)c2ccccc12)c1ccc(F)c(F)c1. The van der Waals surface area contributed by atoms with Crippen molar-refractivity contribution in [2.75, 3.05) is 0 Å². The van der Waals surface area contributed by atoms with Gasteiger partial charge in [0.2, 0.25) is 0 Å². The molecule has 3 aromatic rings. The van der Waals surface area contributed by atoms with E-state index in [1.165, 1.54) is 10.7 Å². The molecular formula is C21H19F2N3O2. The summed E-state index contributed by atoms with van der Waals surface area (Å²) in [5, 5.41) is 8.45. The van der Waals surface area contributed by atoms with E-state index >= 15 is 0 Å². The number of fused-ring (bicyclic) bond motifs is 1. The third kappa shape index (κ3) is 3.40. The predicted molar refractivity (Wildman–Crippen MR) is 101 cm³/mol.